The molecule has 1 aliphatic heterocycles. The highest BCUT2D eigenvalue weighted by molar-refractivity contribution is 6.15. The van der Waals surface area contributed by atoms with Crippen LogP contribution < -0.4 is 31.2 Å². The number of hydrogen-bond acceptors (Lipinski definition) is 9. The van der Waals surface area contributed by atoms with E-state index >= 15 is 0 Å². The van der Waals surface area contributed by atoms with E-state index in [0.29, 0.717) is 60.1 Å². The lowest BCUT2D eigenvalue weighted by atomic mass is 9.95. The van der Waals surface area contributed by atoms with Gasteiger partial charge in [0, 0.05) is 57.3 Å². The minimum Gasteiger partial charge on any atom is -0.495 e. The topological polar surface area (TPSA) is 172 Å². The molecule has 3 aromatic carbocycles. The number of unbranched alkanes of at least 4 members (excludes halogenated alkanes) is 2. The van der Waals surface area contributed by atoms with Crippen LogP contribution >= 0.6 is 0 Å². The van der Waals surface area contributed by atoms with Crippen molar-refractivity contribution in [3.63, 3.8) is 0 Å². The fourth-order valence-corrected chi connectivity index (χ4v) is 6.33. The second-order valence-electron chi connectivity index (χ2n) is 13.0. The molecule has 0 unspecified atom stereocenters. The molecule has 0 saturated carbocycles. The SMILES string of the molecule is COc1c(-c2cccc3[nH]c(NCCCN)nc23)ccc(C(=O)N(C)c2ccc(C)cc2OCCCCCC(=O)N2CCN(C)CC2)c1C(N)=O. The van der Waals surface area contributed by atoms with Gasteiger partial charge in [0.1, 0.15) is 11.5 Å². The Morgan fingerprint density at radius 3 is 2.51 bits per heavy atom. The van der Waals surface area contributed by atoms with E-state index in [9.17, 15) is 14.4 Å². The maximum absolute atomic E-state index is 14.1. The predicted molar refractivity (Wildman–Crippen MR) is 201 cm³/mol. The molecule has 272 valence electrons. The lowest BCUT2D eigenvalue weighted by molar-refractivity contribution is -0.132. The monoisotopic (exact) mass is 698 g/mol. The zero-order valence-corrected chi connectivity index (χ0v) is 30.1. The van der Waals surface area contributed by atoms with Gasteiger partial charge in [0.15, 0.2) is 0 Å². The Hall–Kier alpha value is -5.14. The average Bonchev–Trinajstić information content (AvgIpc) is 3.55. The summed E-state index contributed by atoms with van der Waals surface area (Å²) in [6.07, 6.45) is 3.73. The second-order valence-corrected chi connectivity index (χ2v) is 13.0. The highest BCUT2D eigenvalue weighted by atomic mass is 16.5. The first-order chi connectivity index (χ1) is 24.6. The fraction of sp³-hybridized carbons (Fsp3) is 0.421. The smallest absolute Gasteiger partial charge is 0.259 e. The number of carbonyl (C=O) groups excluding carboxylic acids is 3. The number of imidazole rings is 1. The van der Waals surface area contributed by atoms with Gasteiger partial charge in [-0.25, -0.2) is 4.98 Å². The van der Waals surface area contributed by atoms with Crippen molar-refractivity contribution in [3.8, 4) is 22.6 Å². The van der Waals surface area contributed by atoms with E-state index in [1.165, 1.54) is 12.0 Å². The van der Waals surface area contributed by atoms with Crippen LogP contribution in [0.15, 0.2) is 48.5 Å². The van der Waals surface area contributed by atoms with Crippen LogP contribution in [-0.4, -0.2) is 105 Å². The van der Waals surface area contributed by atoms with Crippen molar-refractivity contribution >= 4 is 40.4 Å². The van der Waals surface area contributed by atoms with E-state index in [1.54, 1.807) is 19.2 Å². The number of methoxy groups -OCH3 is 1. The summed E-state index contributed by atoms with van der Waals surface area (Å²) in [5.41, 5.74) is 15.9. The summed E-state index contributed by atoms with van der Waals surface area (Å²) in [6.45, 7) is 7.01. The quantitative estimate of drug-likeness (QED) is 0.124. The molecule has 51 heavy (non-hydrogen) atoms. The molecule has 1 aromatic heterocycles. The van der Waals surface area contributed by atoms with Gasteiger partial charge in [-0.2, -0.15) is 0 Å². The maximum Gasteiger partial charge on any atom is 0.259 e. The van der Waals surface area contributed by atoms with Crippen LogP contribution in [0.3, 0.4) is 0 Å². The van der Waals surface area contributed by atoms with Crippen LogP contribution in [0.5, 0.6) is 11.5 Å². The highest BCUT2D eigenvalue weighted by Crippen LogP contribution is 2.39. The van der Waals surface area contributed by atoms with Crippen LogP contribution in [0.1, 0.15) is 58.4 Å². The third-order valence-corrected chi connectivity index (χ3v) is 9.24. The zero-order valence-electron chi connectivity index (χ0n) is 30.1. The molecule has 1 saturated heterocycles. The minimum absolute atomic E-state index is 0.0265. The lowest BCUT2D eigenvalue weighted by Crippen LogP contribution is -2.47. The molecular formula is C38H50N8O5. The van der Waals surface area contributed by atoms with Gasteiger partial charge in [-0.1, -0.05) is 18.2 Å². The van der Waals surface area contributed by atoms with Crippen LogP contribution in [-0.2, 0) is 4.79 Å². The van der Waals surface area contributed by atoms with Gasteiger partial charge in [-0.3, -0.25) is 14.4 Å². The van der Waals surface area contributed by atoms with Gasteiger partial charge in [0.05, 0.1) is 41.6 Å². The molecule has 13 nitrogen and oxygen atoms in total. The Balaban J connectivity index is 1.31. The third kappa shape index (κ3) is 8.78. The van der Waals surface area contributed by atoms with Gasteiger partial charge >= 0.3 is 0 Å². The first kappa shape index (κ1) is 37.1. The summed E-state index contributed by atoms with van der Waals surface area (Å²) in [4.78, 5) is 53.4. The summed E-state index contributed by atoms with van der Waals surface area (Å²) in [6, 6.07) is 14.6. The highest BCUT2D eigenvalue weighted by Gasteiger charge is 2.28. The molecule has 0 atom stereocenters. The summed E-state index contributed by atoms with van der Waals surface area (Å²) >= 11 is 0. The predicted octanol–water partition coefficient (Wildman–Crippen LogP) is 4.40. The van der Waals surface area contributed by atoms with Crippen molar-refractivity contribution in [1.29, 1.82) is 0 Å². The number of aryl methyl sites for hydroxylation is 1. The number of aromatic amines is 1. The Morgan fingerprint density at radius 2 is 1.78 bits per heavy atom. The lowest BCUT2D eigenvalue weighted by Gasteiger charge is -2.32. The van der Waals surface area contributed by atoms with Crippen LogP contribution in [0, 0.1) is 6.92 Å². The van der Waals surface area contributed by atoms with Gasteiger partial charge < -0.3 is 45.9 Å². The van der Waals surface area contributed by atoms with E-state index in [0.717, 1.165) is 62.9 Å². The number of primary amides is 1. The third-order valence-electron chi connectivity index (χ3n) is 9.24. The number of anilines is 2. The van der Waals surface area contributed by atoms with Gasteiger partial charge in [-0.05, 0) is 82.1 Å². The van der Waals surface area contributed by atoms with Crippen molar-refractivity contribution in [2.24, 2.45) is 11.5 Å². The molecule has 0 spiro atoms. The standard InChI is InChI=1S/C38H50N8O5/c1-25-13-16-30(31(24-25)51-23-7-5-6-12-32(47)46-21-19-44(2)20-22-46)45(3)37(49)28-15-14-27(35(50-4)33(28)36(40)48)26-10-8-11-29-34(26)43-38(42-29)41-18-9-17-39/h8,10-11,13-16,24H,5-7,9,12,17-23,39H2,1-4H3,(H2,40,48)(H2,41,42,43). The van der Waals surface area contributed by atoms with Gasteiger partial charge in [-0.15, -0.1) is 0 Å². The molecule has 3 amide bonds. The Morgan fingerprint density at radius 1 is 1.00 bits per heavy atom. The number of ether oxygens (including phenoxy) is 2. The first-order valence-corrected chi connectivity index (χ1v) is 17.5. The van der Waals surface area contributed by atoms with Crippen molar-refractivity contribution in [2.45, 2.75) is 39.0 Å². The molecule has 1 aliphatic rings. The van der Waals surface area contributed by atoms with Crippen molar-refractivity contribution in [3.05, 3.63) is 65.2 Å². The average molecular weight is 699 g/mol. The van der Waals surface area contributed by atoms with Gasteiger partial charge in [0.25, 0.3) is 11.8 Å². The summed E-state index contributed by atoms with van der Waals surface area (Å²) < 4.78 is 12.0. The van der Waals surface area contributed by atoms with Crippen LogP contribution in [0.25, 0.3) is 22.2 Å². The fourth-order valence-electron chi connectivity index (χ4n) is 6.33. The summed E-state index contributed by atoms with van der Waals surface area (Å²) in [5.74, 6) is 0.292. The number of amides is 3. The van der Waals surface area contributed by atoms with Gasteiger partial charge in [0.2, 0.25) is 11.9 Å². The molecule has 4 aromatic rings. The number of nitrogens with two attached hydrogens (primary N) is 2. The van der Waals surface area contributed by atoms with E-state index < -0.39 is 11.8 Å². The molecule has 5 rings (SSSR count). The number of nitrogens with zero attached hydrogens (tertiary/aromatic N) is 4. The number of nitrogens with one attached hydrogen (secondary N) is 2. The molecule has 1 fully saturated rings. The number of carbonyl (C=O) groups is 3. The zero-order chi connectivity index (χ0) is 36.5. The van der Waals surface area contributed by atoms with Crippen molar-refractivity contribution in [1.82, 2.24) is 19.8 Å². The number of H-pyrrole nitrogens is 1. The maximum atomic E-state index is 14.1. The summed E-state index contributed by atoms with van der Waals surface area (Å²) in [7, 11) is 5.16. The van der Waals surface area contributed by atoms with Crippen molar-refractivity contribution < 1.29 is 23.9 Å². The Kier molecular flexibility index (Phi) is 12.5. The van der Waals surface area contributed by atoms with Crippen molar-refractivity contribution in [2.75, 3.05) is 77.3 Å². The molecule has 6 N–H and O–H groups in total. The number of aromatic nitrogens is 2. The van der Waals surface area contributed by atoms with E-state index in [1.807, 2.05) is 48.2 Å². The molecule has 0 radical (unpaired) electrons. The molecular weight excluding hydrogens is 648 g/mol. The van der Waals surface area contributed by atoms with E-state index in [-0.39, 0.29) is 22.8 Å². The second kappa shape index (κ2) is 17.2. The largest absolute Gasteiger partial charge is 0.495 e. The number of hydrogen-bond donors (Lipinski definition) is 4. The number of benzene rings is 3. The minimum atomic E-state index is -0.796. The number of fused-ring (bicyclic) bond motifs is 1. The number of likely N-dealkylation sites (N-methyl/N-ethyl adjacent to an activating group) is 1. The molecule has 2 heterocycles. The first-order valence-electron chi connectivity index (χ1n) is 17.5. The van der Waals surface area contributed by atoms with E-state index in [2.05, 4.69) is 22.2 Å². The van der Waals surface area contributed by atoms with Crippen LogP contribution in [0.2, 0.25) is 0 Å². The molecule has 0 bridgehead atoms. The number of rotatable bonds is 16. The summed E-state index contributed by atoms with van der Waals surface area (Å²) in [5, 5.41) is 3.24. The Labute approximate surface area is 299 Å². The Bertz CT molecular complexity index is 1850. The molecule has 13 heteroatoms. The normalized spacial score (nSPS) is 13.3. The number of piperazine rings is 1. The molecule has 0 aliphatic carbocycles. The number of para-hydroxylation sites is 1. The van der Waals surface area contributed by atoms with E-state index in [4.69, 9.17) is 25.9 Å². The van der Waals surface area contributed by atoms with Crippen LogP contribution in [0.4, 0.5) is 11.6 Å².